The van der Waals surface area contributed by atoms with Crippen LogP contribution in [0.25, 0.3) is 0 Å². The number of rotatable bonds is 2. The number of thioether (sulfide) groups is 1. The molecule has 2 heterocycles. The van der Waals surface area contributed by atoms with E-state index in [0.717, 1.165) is 18.7 Å². The van der Waals surface area contributed by atoms with Crippen molar-refractivity contribution in [2.24, 2.45) is 0 Å². The van der Waals surface area contributed by atoms with Gasteiger partial charge in [-0.3, -0.25) is 4.79 Å². The van der Waals surface area contributed by atoms with Gasteiger partial charge in [-0.2, -0.15) is 11.8 Å². The van der Waals surface area contributed by atoms with Crippen LogP contribution in [0.2, 0.25) is 0 Å². The van der Waals surface area contributed by atoms with E-state index in [4.69, 9.17) is 4.74 Å². The molecule has 4 nitrogen and oxygen atoms in total. The first-order chi connectivity index (χ1) is 7.29. The molecule has 1 unspecified atom stereocenters. The minimum Gasteiger partial charge on any atom is -0.366 e. The number of morpholine rings is 1. The van der Waals surface area contributed by atoms with Gasteiger partial charge in [0.05, 0.1) is 6.61 Å². The Kier molecular flexibility index (Phi) is 5.89. The van der Waals surface area contributed by atoms with E-state index in [1.54, 1.807) is 0 Å². The van der Waals surface area contributed by atoms with E-state index >= 15 is 0 Å². The van der Waals surface area contributed by atoms with Crippen LogP contribution >= 0.6 is 24.2 Å². The van der Waals surface area contributed by atoms with Gasteiger partial charge in [0.15, 0.2) is 0 Å². The maximum atomic E-state index is 12.0. The van der Waals surface area contributed by atoms with E-state index in [1.165, 1.54) is 5.75 Å². The van der Waals surface area contributed by atoms with Gasteiger partial charge < -0.3 is 15.0 Å². The molecule has 2 rings (SSSR count). The average molecular weight is 267 g/mol. The molecule has 0 spiro atoms. The smallest absolute Gasteiger partial charge is 0.253 e. The van der Waals surface area contributed by atoms with Crippen molar-refractivity contribution < 1.29 is 9.53 Å². The summed E-state index contributed by atoms with van der Waals surface area (Å²) >= 11 is 1.92. The summed E-state index contributed by atoms with van der Waals surface area (Å²) in [7, 11) is 1.90. The van der Waals surface area contributed by atoms with Crippen LogP contribution < -0.4 is 5.32 Å². The number of likely N-dealkylation sites (N-methyl/N-ethyl adjacent to an activating group) is 1. The fourth-order valence-electron chi connectivity index (χ4n) is 1.96. The number of hydrogen-bond donors (Lipinski definition) is 1. The molecule has 1 amide bonds. The molecule has 16 heavy (non-hydrogen) atoms. The van der Waals surface area contributed by atoms with Gasteiger partial charge in [0.1, 0.15) is 6.10 Å². The molecule has 0 aromatic rings. The van der Waals surface area contributed by atoms with Crippen LogP contribution in [0.5, 0.6) is 0 Å². The van der Waals surface area contributed by atoms with Crippen molar-refractivity contribution in [1.82, 2.24) is 10.2 Å². The molecule has 0 bridgehead atoms. The number of amides is 1. The van der Waals surface area contributed by atoms with Crippen molar-refractivity contribution in [1.29, 1.82) is 0 Å². The van der Waals surface area contributed by atoms with E-state index in [0.29, 0.717) is 19.2 Å². The first-order valence-corrected chi connectivity index (χ1v) is 6.61. The fourth-order valence-corrected chi connectivity index (χ4v) is 3.23. The predicted octanol–water partition coefficient (Wildman–Crippen LogP) is 0.361. The summed E-state index contributed by atoms with van der Waals surface area (Å²) in [6.45, 7) is 2.15. The Bertz CT molecular complexity index is 231. The summed E-state index contributed by atoms with van der Waals surface area (Å²) in [6, 6.07) is 0.410. The van der Waals surface area contributed by atoms with Gasteiger partial charge in [-0.05, 0) is 12.2 Å². The van der Waals surface area contributed by atoms with E-state index in [9.17, 15) is 4.79 Å². The van der Waals surface area contributed by atoms with Crippen LogP contribution in [-0.4, -0.2) is 61.2 Å². The topological polar surface area (TPSA) is 41.6 Å². The van der Waals surface area contributed by atoms with E-state index in [-0.39, 0.29) is 24.4 Å². The second-order valence-electron chi connectivity index (χ2n) is 4.03. The van der Waals surface area contributed by atoms with Crippen molar-refractivity contribution in [2.75, 3.05) is 38.2 Å². The third-order valence-electron chi connectivity index (χ3n) is 3.00. The molecular weight excluding hydrogens is 248 g/mol. The highest BCUT2D eigenvalue weighted by molar-refractivity contribution is 7.99. The van der Waals surface area contributed by atoms with Crippen molar-refractivity contribution in [2.45, 2.75) is 18.6 Å². The minimum atomic E-state index is -0.269. The van der Waals surface area contributed by atoms with Crippen molar-refractivity contribution in [3.63, 3.8) is 0 Å². The monoisotopic (exact) mass is 266 g/mol. The maximum absolute atomic E-state index is 12.0. The van der Waals surface area contributed by atoms with Gasteiger partial charge in [-0.25, -0.2) is 0 Å². The lowest BCUT2D eigenvalue weighted by atomic mass is 10.2. The Morgan fingerprint density at radius 1 is 1.56 bits per heavy atom. The second kappa shape index (κ2) is 6.69. The van der Waals surface area contributed by atoms with Crippen LogP contribution in [-0.2, 0) is 9.53 Å². The molecule has 2 aliphatic rings. The highest BCUT2D eigenvalue weighted by atomic mass is 35.5. The number of nitrogens with one attached hydrogen (secondary N) is 1. The van der Waals surface area contributed by atoms with Gasteiger partial charge in [0.2, 0.25) is 0 Å². The van der Waals surface area contributed by atoms with Crippen molar-refractivity contribution >= 4 is 30.1 Å². The molecule has 1 N–H and O–H groups in total. The summed E-state index contributed by atoms with van der Waals surface area (Å²) in [5.41, 5.74) is 0. The van der Waals surface area contributed by atoms with E-state index < -0.39 is 0 Å². The van der Waals surface area contributed by atoms with Crippen molar-refractivity contribution in [3.05, 3.63) is 0 Å². The average Bonchev–Trinajstić information content (AvgIpc) is 2.82. The van der Waals surface area contributed by atoms with Gasteiger partial charge in [-0.15, -0.1) is 12.4 Å². The number of hydrogen-bond acceptors (Lipinski definition) is 4. The molecule has 0 aromatic heterocycles. The minimum absolute atomic E-state index is 0. The van der Waals surface area contributed by atoms with Crippen LogP contribution in [0.1, 0.15) is 6.42 Å². The molecular formula is C10H19ClN2O2S. The molecule has 0 aromatic carbocycles. The fraction of sp³-hybridized carbons (Fsp3) is 0.900. The van der Waals surface area contributed by atoms with E-state index in [2.05, 4.69) is 5.32 Å². The number of halogens is 1. The molecule has 2 fully saturated rings. The lowest BCUT2D eigenvalue weighted by Gasteiger charge is -2.30. The standard InChI is InChI=1S/C10H18N2O2S.ClH/c1-12(8-2-5-15-7-8)10(13)9-6-11-3-4-14-9;/h8-9,11H,2-7H2,1H3;1H/t8?,9-;/m0./s1. The predicted molar refractivity (Wildman–Crippen MR) is 68.4 cm³/mol. The normalized spacial score (nSPS) is 29.6. The first-order valence-electron chi connectivity index (χ1n) is 5.46. The molecule has 6 heteroatoms. The van der Waals surface area contributed by atoms with Gasteiger partial charge >= 0.3 is 0 Å². The highest BCUT2D eigenvalue weighted by Gasteiger charge is 2.30. The zero-order valence-corrected chi connectivity index (χ0v) is 11.1. The molecule has 0 radical (unpaired) electrons. The van der Waals surface area contributed by atoms with Gasteiger partial charge in [-0.1, -0.05) is 0 Å². The molecule has 0 saturated carbocycles. The Hall–Kier alpha value is 0.0300. The van der Waals surface area contributed by atoms with Gasteiger partial charge in [0, 0.05) is 31.9 Å². The number of carbonyl (C=O) groups is 1. The maximum Gasteiger partial charge on any atom is 0.253 e. The lowest BCUT2D eigenvalue weighted by molar-refractivity contribution is -0.145. The molecule has 2 saturated heterocycles. The molecule has 2 aliphatic heterocycles. The van der Waals surface area contributed by atoms with Crippen LogP contribution in [0.4, 0.5) is 0 Å². The van der Waals surface area contributed by atoms with E-state index in [1.807, 2.05) is 23.7 Å². The molecule has 2 atom stereocenters. The van der Waals surface area contributed by atoms with Crippen molar-refractivity contribution in [3.8, 4) is 0 Å². The number of nitrogens with zero attached hydrogens (tertiary/aromatic N) is 1. The Morgan fingerprint density at radius 3 is 2.94 bits per heavy atom. The molecule has 0 aliphatic carbocycles. The Balaban J connectivity index is 0.00000128. The summed E-state index contributed by atoms with van der Waals surface area (Å²) in [4.78, 5) is 13.9. The summed E-state index contributed by atoms with van der Waals surface area (Å²) in [5.74, 6) is 2.38. The summed E-state index contributed by atoms with van der Waals surface area (Å²) < 4.78 is 5.46. The second-order valence-corrected chi connectivity index (χ2v) is 5.18. The van der Waals surface area contributed by atoms with Crippen LogP contribution in [0, 0.1) is 0 Å². The molecule has 94 valence electrons. The van der Waals surface area contributed by atoms with Gasteiger partial charge in [0.25, 0.3) is 5.91 Å². The largest absolute Gasteiger partial charge is 0.366 e. The van der Waals surface area contributed by atoms with Crippen LogP contribution in [0.3, 0.4) is 0 Å². The third-order valence-corrected chi connectivity index (χ3v) is 4.15. The summed E-state index contributed by atoms with van der Waals surface area (Å²) in [6.07, 6.45) is 0.849. The number of carbonyl (C=O) groups excluding carboxylic acids is 1. The number of ether oxygens (including phenoxy) is 1. The summed E-state index contributed by atoms with van der Waals surface area (Å²) in [5, 5.41) is 3.18. The Labute approximate surface area is 107 Å². The zero-order valence-electron chi connectivity index (χ0n) is 9.48. The van der Waals surface area contributed by atoms with Crippen LogP contribution in [0.15, 0.2) is 0 Å². The lowest BCUT2D eigenvalue weighted by Crippen LogP contribution is -2.51. The quantitative estimate of drug-likeness (QED) is 0.784. The zero-order chi connectivity index (χ0) is 10.7. The third kappa shape index (κ3) is 3.26. The first kappa shape index (κ1) is 14.1. The SMILES string of the molecule is CN(C(=O)[C@@H]1CNCCO1)C1CCSC1.Cl. The highest BCUT2D eigenvalue weighted by Crippen LogP contribution is 2.22. The Morgan fingerprint density at radius 2 is 2.38 bits per heavy atom.